The second kappa shape index (κ2) is 5.16. The predicted octanol–water partition coefficient (Wildman–Crippen LogP) is 3.96. The smallest absolute Gasteiger partial charge is 0.303 e. The van der Waals surface area contributed by atoms with Crippen LogP contribution in [-0.4, -0.2) is 6.29 Å². The molecule has 0 bridgehead atoms. The molecule has 0 amide bonds. The van der Waals surface area contributed by atoms with Crippen LogP contribution in [0, 0.1) is 0 Å². The quantitative estimate of drug-likeness (QED) is 0.740. The first-order valence-corrected chi connectivity index (χ1v) is 4.80. The van der Waals surface area contributed by atoms with E-state index in [1.165, 1.54) is 24.3 Å². The number of allylic oxidation sites excluding steroid dienone is 1. The van der Waals surface area contributed by atoms with E-state index in [0.717, 1.165) is 6.07 Å². The SMILES string of the molecule is O=CCC=Cc1cc(Cl)ccc1C(F)(F)F. The molecule has 5 heteroatoms. The Morgan fingerprint density at radius 3 is 2.56 bits per heavy atom. The minimum absolute atomic E-state index is 0.0400. The molecule has 0 saturated carbocycles. The summed E-state index contributed by atoms with van der Waals surface area (Å²) in [6.45, 7) is 0. The van der Waals surface area contributed by atoms with Gasteiger partial charge < -0.3 is 4.79 Å². The molecule has 1 aromatic rings. The zero-order chi connectivity index (χ0) is 12.2. The van der Waals surface area contributed by atoms with Gasteiger partial charge in [-0.15, -0.1) is 0 Å². The Hall–Kier alpha value is -1.29. The molecular weight excluding hydrogens is 241 g/mol. The monoisotopic (exact) mass is 248 g/mol. The van der Waals surface area contributed by atoms with Crippen molar-refractivity contribution in [3.63, 3.8) is 0 Å². The third-order valence-electron chi connectivity index (χ3n) is 1.85. The van der Waals surface area contributed by atoms with E-state index in [1.807, 2.05) is 0 Å². The second-order valence-corrected chi connectivity index (χ2v) is 3.47. The summed E-state index contributed by atoms with van der Waals surface area (Å²) in [7, 11) is 0. The lowest BCUT2D eigenvalue weighted by Gasteiger charge is -2.10. The van der Waals surface area contributed by atoms with Gasteiger partial charge in [0.25, 0.3) is 0 Å². The van der Waals surface area contributed by atoms with Crippen molar-refractivity contribution < 1.29 is 18.0 Å². The molecule has 0 unspecified atom stereocenters. The van der Waals surface area contributed by atoms with Crippen molar-refractivity contribution in [1.29, 1.82) is 0 Å². The average molecular weight is 249 g/mol. The number of benzene rings is 1. The van der Waals surface area contributed by atoms with Gasteiger partial charge in [-0.3, -0.25) is 0 Å². The second-order valence-electron chi connectivity index (χ2n) is 3.03. The van der Waals surface area contributed by atoms with Crippen LogP contribution in [0.1, 0.15) is 17.5 Å². The van der Waals surface area contributed by atoms with Crippen LogP contribution in [0.15, 0.2) is 24.3 Å². The van der Waals surface area contributed by atoms with Crippen molar-refractivity contribution in [2.75, 3.05) is 0 Å². The van der Waals surface area contributed by atoms with Crippen molar-refractivity contribution >= 4 is 24.0 Å². The number of alkyl halides is 3. The highest BCUT2D eigenvalue weighted by molar-refractivity contribution is 6.30. The number of rotatable bonds is 3. The van der Waals surface area contributed by atoms with Gasteiger partial charge in [0, 0.05) is 11.4 Å². The van der Waals surface area contributed by atoms with Crippen LogP contribution >= 0.6 is 11.6 Å². The molecule has 0 spiro atoms. The zero-order valence-electron chi connectivity index (χ0n) is 8.09. The summed E-state index contributed by atoms with van der Waals surface area (Å²) in [6.07, 6.45) is -1.15. The molecule has 1 aromatic carbocycles. The Bertz CT molecular complexity index is 410. The van der Waals surface area contributed by atoms with E-state index in [2.05, 4.69) is 0 Å². The summed E-state index contributed by atoms with van der Waals surface area (Å²) >= 11 is 5.61. The molecule has 16 heavy (non-hydrogen) atoms. The lowest BCUT2D eigenvalue weighted by molar-refractivity contribution is -0.137. The minimum Gasteiger partial charge on any atom is -0.303 e. The van der Waals surface area contributed by atoms with Crippen molar-refractivity contribution in [3.8, 4) is 0 Å². The van der Waals surface area contributed by atoms with E-state index in [4.69, 9.17) is 11.6 Å². The fraction of sp³-hybridized carbons (Fsp3) is 0.182. The summed E-state index contributed by atoms with van der Waals surface area (Å²) in [4.78, 5) is 10.0. The van der Waals surface area contributed by atoms with E-state index in [9.17, 15) is 18.0 Å². The highest BCUT2D eigenvalue weighted by Crippen LogP contribution is 2.33. The van der Waals surface area contributed by atoms with Crippen LogP contribution in [0.25, 0.3) is 6.08 Å². The number of hydrogen-bond acceptors (Lipinski definition) is 1. The first-order valence-electron chi connectivity index (χ1n) is 4.42. The lowest BCUT2D eigenvalue weighted by atomic mass is 10.1. The van der Waals surface area contributed by atoms with Crippen LogP contribution in [0.3, 0.4) is 0 Å². The van der Waals surface area contributed by atoms with Gasteiger partial charge in [0.15, 0.2) is 0 Å². The molecule has 0 atom stereocenters. The molecule has 1 nitrogen and oxygen atoms in total. The van der Waals surface area contributed by atoms with Gasteiger partial charge in [0.2, 0.25) is 0 Å². The molecule has 0 fully saturated rings. The Morgan fingerprint density at radius 2 is 2.00 bits per heavy atom. The number of carbonyl (C=O) groups is 1. The van der Waals surface area contributed by atoms with Gasteiger partial charge in [0.1, 0.15) is 6.29 Å². The third kappa shape index (κ3) is 3.38. The summed E-state index contributed by atoms with van der Waals surface area (Å²) in [6, 6.07) is 3.32. The highest BCUT2D eigenvalue weighted by Gasteiger charge is 2.32. The summed E-state index contributed by atoms with van der Waals surface area (Å²) in [5.74, 6) is 0. The maximum atomic E-state index is 12.5. The molecule has 0 aliphatic heterocycles. The number of hydrogen-bond donors (Lipinski definition) is 0. The predicted molar refractivity (Wildman–Crippen MR) is 56.2 cm³/mol. The van der Waals surface area contributed by atoms with Crippen LogP contribution in [0.2, 0.25) is 5.02 Å². The van der Waals surface area contributed by atoms with Crippen molar-refractivity contribution in [2.45, 2.75) is 12.6 Å². The lowest BCUT2D eigenvalue weighted by Crippen LogP contribution is -2.07. The van der Waals surface area contributed by atoms with Gasteiger partial charge in [0.05, 0.1) is 5.56 Å². The number of aldehydes is 1. The molecule has 0 heterocycles. The summed E-state index contributed by atoms with van der Waals surface area (Å²) < 4.78 is 37.6. The van der Waals surface area contributed by atoms with Gasteiger partial charge in [-0.25, -0.2) is 0 Å². The summed E-state index contributed by atoms with van der Waals surface area (Å²) in [5.41, 5.74) is -0.805. The van der Waals surface area contributed by atoms with E-state index < -0.39 is 11.7 Å². The maximum Gasteiger partial charge on any atom is 0.416 e. The highest BCUT2D eigenvalue weighted by atomic mass is 35.5. The number of carbonyl (C=O) groups excluding carboxylic acids is 1. The Morgan fingerprint density at radius 1 is 1.31 bits per heavy atom. The molecule has 0 saturated heterocycles. The van der Waals surface area contributed by atoms with Crippen LogP contribution in [0.4, 0.5) is 13.2 Å². The topological polar surface area (TPSA) is 17.1 Å². The average Bonchev–Trinajstić information content (AvgIpc) is 2.16. The number of halogens is 4. The van der Waals surface area contributed by atoms with Crippen LogP contribution < -0.4 is 0 Å². The van der Waals surface area contributed by atoms with Crippen molar-refractivity contribution in [3.05, 3.63) is 40.4 Å². The van der Waals surface area contributed by atoms with Gasteiger partial charge in [-0.05, 0) is 23.8 Å². The van der Waals surface area contributed by atoms with Crippen LogP contribution in [-0.2, 0) is 11.0 Å². The van der Waals surface area contributed by atoms with Crippen LogP contribution in [0.5, 0.6) is 0 Å². The molecule has 0 aliphatic rings. The molecular formula is C11H8ClF3O. The summed E-state index contributed by atoms with van der Waals surface area (Å²) in [5, 5.41) is 0.221. The largest absolute Gasteiger partial charge is 0.416 e. The van der Waals surface area contributed by atoms with Gasteiger partial charge in [-0.2, -0.15) is 13.2 Å². The van der Waals surface area contributed by atoms with Gasteiger partial charge >= 0.3 is 6.18 Å². The fourth-order valence-corrected chi connectivity index (χ4v) is 1.36. The standard InChI is InChI=1S/C11H8ClF3O/c12-9-4-5-10(11(13,14)15)8(7-9)3-1-2-6-16/h1,3-7H,2H2. The first kappa shape index (κ1) is 12.8. The van der Waals surface area contributed by atoms with Gasteiger partial charge in [-0.1, -0.05) is 23.8 Å². The molecule has 86 valence electrons. The Labute approximate surface area is 95.5 Å². The normalized spacial score (nSPS) is 12.0. The Kier molecular flexibility index (Phi) is 4.12. The molecule has 0 N–H and O–H groups in total. The Balaban J connectivity index is 3.13. The maximum absolute atomic E-state index is 12.5. The first-order chi connectivity index (χ1) is 7.45. The van der Waals surface area contributed by atoms with E-state index >= 15 is 0 Å². The van der Waals surface area contributed by atoms with E-state index in [0.29, 0.717) is 6.29 Å². The molecule has 1 rings (SSSR count). The minimum atomic E-state index is -4.43. The van der Waals surface area contributed by atoms with E-state index in [-0.39, 0.29) is 17.0 Å². The zero-order valence-corrected chi connectivity index (χ0v) is 8.85. The fourth-order valence-electron chi connectivity index (χ4n) is 1.18. The van der Waals surface area contributed by atoms with Crippen molar-refractivity contribution in [1.82, 2.24) is 0 Å². The molecule has 0 aliphatic carbocycles. The third-order valence-corrected chi connectivity index (χ3v) is 2.08. The van der Waals surface area contributed by atoms with Crippen molar-refractivity contribution in [2.24, 2.45) is 0 Å². The molecule has 0 radical (unpaired) electrons. The molecule has 0 aromatic heterocycles. The van der Waals surface area contributed by atoms with E-state index in [1.54, 1.807) is 0 Å².